The molecule has 4 rings (SSSR count). The van der Waals surface area contributed by atoms with Gasteiger partial charge in [-0.2, -0.15) is 0 Å². The van der Waals surface area contributed by atoms with E-state index in [4.69, 9.17) is 0 Å². The summed E-state index contributed by atoms with van der Waals surface area (Å²) in [5.74, 6) is -0.336. The number of benzene rings is 1. The number of pyridine rings is 3. The summed E-state index contributed by atoms with van der Waals surface area (Å²) in [7, 11) is 1.84. The van der Waals surface area contributed by atoms with Gasteiger partial charge in [-0.3, -0.25) is 0 Å². The summed E-state index contributed by atoms with van der Waals surface area (Å²) in [6.45, 7) is 6.67. The van der Waals surface area contributed by atoms with E-state index in [1.165, 1.54) is 16.5 Å². The highest BCUT2D eigenvalue weighted by molar-refractivity contribution is 7.85. The fraction of sp³-hybridized carbons (Fsp3) is 0.321. The van der Waals surface area contributed by atoms with Crippen LogP contribution in [0.3, 0.4) is 0 Å². The third kappa shape index (κ3) is 10.3. The molecule has 0 aliphatic heterocycles. The highest BCUT2D eigenvalue weighted by Crippen LogP contribution is 2.19. The molecule has 0 bridgehead atoms. The summed E-state index contributed by atoms with van der Waals surface area (Å²) in [6.07, 6.45) is 10.1. The molecule has 1 aromatic carbocycles. The van der Waals surface area contributed by atoms with Crippen molar-refractivity contribution in [3.05, 3.63) is 103 Å². The van der Waals surface area contributed by atoms with Gasteiger partial charge in [0.1, 0.15) is 21.1 Å². The van der Waals surface area contributed by atoms with E-state index in [0.29, 0.717) is 0 Å². The Morgan fingerprint density at radius 3 is 1.94 bits per heavy atom. The van der Waals surface area contributed by atoms with E-state index in [9.17, 15) is 13.0 Å². The number of hydrogen-bond acceptors (Lipinski definition) is 3. The first-order valence-electron chi connectivity index (χ1n) is 11.5. The number of aryl methyl sites for hydroxylation is 4. The van der Waals surface area contributed by atoms with E-state index < -0.39 is 10.1 Å². The van der Waals surface area contributed by atoms with E-state index in [1.807, 2.05) is 30.9 Å². The maximum absolute atomic E-state index is 10.3. The molecule has 6 nitrogen and oxygen atoms in total. The number of nitrogens with zero attached hydrogens (tertiary/aromatic N) is 3. The van der Waals surface area contributed by atoms with Crippen molar-refractivity contribution in [1.29, 1.82) is 0 Å². The van der Waals surface area contributed by atoms with Crippen molar-refractivity contribution in [2.24, 2.45) is 21.1 Å². The van der Waals surface area contributed by atoms with Crippen LogP contribution in [0.5, 0.6) is 0 Å². The zero-order chi connectivity index (χ0) is 26.1. The predicted molar refractivity (Wildman–Crippen MR) is 137 cm³/mol. The van der Waals surface area contributed by atoms with Gasteiger partial charge in [-0.05, 0) is 35.6 Å². The summed E-state index contributed by atoms with van der Waals surface area (Å²) < 4.78 is 37.0. The molecule has 0 unspecified atom stereocenters. The van der Waals surface area contributed by atoms with Gasteiger partial charge in [-0.1, -0.05) is 32.9 Å². The van der Waals surface area contributed by atoms with Crippen LogP contribution in [0.2, 0.25) is 0 Å². The van der Waals surface area contributed by atoms with E-state index in [2.05, 4.69) is 104 Å². The van der Waals surface area contributed by atoms with Gasteiger partial charge in [0.05, 0.1) is 10.1 Å². The van der Waals surface area contributed by atoms with Crippen LogP contribution in [-0.4, -0.2) is 18.7 Å². The fourth-order valence-electron chi connectivity index (χ4n) is 3.35. The van der Waals surface area contributed by atoms with Gasteiger partial charge < -0.3 is 4.55 Å². The normalized spacial score (nSPS) is 11.2. The van der Waals surface area contributed by atoms with Gasteiger partial charge >= 0.3 is 0 Å². The van der Waals surface area contributed by atoms with Crippen LogP contribution in [0.4, 0.5) is 0 Å². The number of fused-ring (bicyclic) bond motifs is 1. The van der Waals surface area contributed by atoms with Crippen molar-refractivity contribution in [2.45, 2.75) is 32.6 Å². The molecule has 7 heteroatoms. The predicted octanol–water partition coefficient (Wildman–Crippen LogP) is 3.07. The van der Waals surface area contributed by atoms with Crippen molar-refractivity contribution < 1.29 is 26.7 Å². The first-order chi connectivity index (χ1) is 16.3. The smallest absolute Gasteiger partial charge is 0.212 e. The minimum absolute atomic E-state index is 0.272. The van der Waals surface area contributed by atoms with Crippen molar-refractivity contribution in [1.82, 2.24) is 0 Å². The topological polar surface area (TPSA) is 68.8 Å². The van der Waals surface area contributed by atoms with Crippen LogP contribution in [0.1, 0.15) is 31.9 Å². The summed E-state index contributed by atoms with van der Waals surface area (Å²) in [6, 6.07) is 20.5. The van der Waals surface area contributed by atoms with Crippen molar-refractivity contribution in [3.8, 4) is 0 Å². The lowest BCUT2D eigenvalue weighted by Gasteiger charge is -2.17. The molecule has 0 N–H and O–H groups in total. The second-order valence-corrected chi connectivity index (χ2v) is 11.1. The molecule has 0 saturated heterocycles. The second kappa shape index (κ2) is 12.5. The quantitative estimate of drug-likeness (QED) is 0.324. The number of aromatic nitrogens is 3. The number of rotatable bonds is 3. The zero-order valence-corrected chi connectivity index (χ0v) is 22.4. The Morgan fingerprint density at radius 2 is 1.37 bits per heavy atom. The fourth-order valence-corrected chi connectivity index (χ4v) is 3.83. The standard InChI is InChI=1S/C10H10N.C10H16N.C8H11NO3S/c1-11-8-4-6-9-5-2-3-7-10(9)11;1-10(2,3)9-5-7-11(4)8-6-9;1-9-5-2-3-8(7-9)4-6-13(10,11)12/h2-8H,1H3;5-8H,1-4H3;2-3,5,7H,4,6H2,1H3/q2*+1;. The Balaban J connectivity index is 0.000000186. The zero-order valence-electron chi connectivity index (χ0n) is 21.5. The summed E-state index contributed by atoms with van der Waals surface area (Å²) in [5, 5.41) is 1.29. The van der Waals surface area contributed by atoms with Gasteiger partial charge in [0.25, 0.3) is 0 Å². The minimum Gasteiger partial charge on any atom is -0.748 e. The maximum atomic E-state index is 10.3. The lowest BCUT2D eigenvalue weighted by atomic mass is 9.88. The summed E-state index contributed by atoms with van der Waals surface area (Å²) in [4.78, 5) is 0. The molecule has 0 radical (unpaired) electrons. The molecule has 0 atom stereocenters. The average molecular weight is 496 g/mol. The Hall–Kier alpha value is -3.16. The van der Waals surface area contributed by atoms with Crippen LogP contribution < -0.4 is 13.7 Å². The Kier molecular flexibility index (Phi) is 10.0. The van der Waals surface area contributed by atoms with E-state index in [0.717, 1.165) is 5.56 Å². The third-order valence-electron chi connectivity index (χ3n) is 5.39. The van der Waals surface area contributed by atoms with Crippen LogP contribution in [-0.2, 0) is 43.1 Å². The SMILES string of the molecule is C[n+]1ccc(C(C)(C)C)cc1.C[n+]1cccc(CCS(=O)(=O)[O-])c1.C[n+]1cccc2ccccc21. The third-order valence-corrected chi connectivity index (χ3v) is 6.09. The first-order valence-corrected chi connectivity index (χ1v) is 13.1. The van der Waals surface area contributed by atoms with Gasteiger partial charge in [-0.25, -0.2) is 22.1 Å². The van der Waals surface area contributed by atoms with Crippen LogP contribution >= 0.6 is 0 Å². The average Bonchev–Trinajstić information content (AvgIpc) is 2.78. The van der Waals surface area contributed by atoms with Crippen LogP contribution in [0.15, 0.2) is 91.6 Å². The highest BCUT2D eigenvalue weighted by atomic mass is 32.2. The van der Waals surface area contributed by atoms with Crippen molar-refractivity contribution in [2.75, 3.05) is 5.75 Å². The molecule has 3 heterocycles. The van der Waals surface area contributed by atoms with Gasteiger partial charge in [0.2, 0.25) is 5.52 Å². The van der Waals surface area contributed by atoms with Crippen LogP contribution in [0, 0.1) is 0 Å². The molecule has 0 aliphatic carbocycles. The molecule has 35 heavy (non-hydrogen) atoms. The number of hydrogen-bond donors (Lipinski definition) is 0. The highest BCUT2D eigenvalue weighted by Gasteiger charge is 2.13. The molecule has 186 valence electrons. The van der Waals surface area contributed by atoms with Gasteiger partial charge in [0.15, 0.2) is 31.0 Å². The molecule has 0 spiro atoms. The Bertz CT molecular complexity index is 1320. The maximum Gasteiger partial charge on any atom is 0.212 e. The van der Waals surface area contributed by atoms with Crippen LogP contribution in [0.25, 0.3) is 10.9 Å². The molecule has 0 amide bonds. The van der Waals surface area contributed by atoms with E-state index in [1.54, 1.807) is 12.3 Å². The lowest BCUT2D eigenvalue weighted by molar-refractivity contribution is -0.671. The molecule has 4 aromatic rings. The molecular formula is C28H37N3O3S+2. The Morgan fingerprint density at radius 1 is 0.771 bits per heavy atom. The van der Waals surface area contributed by atoms with E-state index >= 15 is 0 Å². The molecule has 3 aromatic heterocycles. The summed E-state index contributed by atoms with van der Waals surface area (Å²) >= 11 is 0. The van der Waals surface area contributed by atoms with Gasteiger partial charge in [0, 0.05) is 47.0 Å². The summed E-state index contributed by atoms with van der Waals surface area (Å²) in [5.41, 5.74) is 3.78. The minimum atomic E-state index is -4.09. The molecule has 0 fully saturated rings. The molecular weight excluding hydrogens is 458 g/mol. The van der Waals surface area contributed by atoms with Gasteiger partial charge in [-0.15, -0.1) is 0 Å². The van der Waals surface area contributed by atoms with Crippen molar-refractivity contribution in [3.63, 3.8) is 0 Å². The number of para-hydroxylation sites is 1. The lowest BCUT2D eigenvalue weighted by Crippen LogP contribution is -2.27. The Labute approximate surface area is 209 Å². The second-order valence-electron chi connectivity index (χ2n) is 9.57. The largest absolute Gasteiger partial charge is 0.748 e. The molecule has 0 aliphatic rings. The van der Waals surface area contributed by atoms with E-state index in [-0.39, 0.29) is 17.6 Å². The monoisotopic (exact) mass is 495 g/mol. The molecule has 0 saturated carbocycles. The first kappa shape index (κ1) is 28.1. The van der Waals surface area contributed by atoms with Crippen molar-refractivity contribution >= 4 is 21.0 Å².